The van der Waals surface area contributed by atoms with E-state index < -0.39 is 7.75 Å². The van der Waals surface area contributed by atoms with Gasteiger partial charge >= 0.3 is 7.75 Å². The Balaban J connectivity index is 2.01. The molecule has 1 unspecified atom stereocenters. The molecular formula is C15H18NO5P. The van der Waals surface area contributed by atoms with Crippen LogP contribution in [0.5, 0.6) is 5.75 Å². The highest BCUT2D eigenvalue weighted by atomic mass is 31.2. The van der Waals surface area contributed by atoms with Crippen molar-refractivity contribution in [3.63, 3.8) is 0 Å². The summed E-state index contributed by atoms with van der Waals surface area (Å²) in [7, 11) is -4.50. The number of aromatic hydroxyl groups is 1. The summed E-state index contributed by atoms with van der Waals surface area (Å²) in [6.45, 7) is 0. The van der Waals surface area contributed by atoms with Crippen molar-refractivity contribution in [1.82, 2.24) is 0 Å². The number of aryl methyl sites for hydroxylation is 1. The first-order valence-electron chi connectivity index (χ1n) is 6.86. The zero-order valence-electron chi connectivity index (χ0n) is 11.8. The number of benzene rings is 1. The molecule has 4 N–H and O–H groups in total. The van der Waals surface area contributed by atoms with Crippen LogP contribution in [0.4, 0.5) is 0 Å². The van der Waals surface area contributed by atoms with Gasteiger partial charge in [-0.1, -0.05) is 12.1 Å². The Morgan fingerprint density at radius 2 is 1.95 bits per heavy atom. The van der Waals surface area contributed by atoms with Crippen LogP contribution in [0.2, 0.25) is 0 Å². The third kappa shape index (κ3) is 5.15. The van der Waals surface area contributed by atoms with E-state index in [1.54, 1.807) is 18.2 Å². The smallest absolute Gasteiger partial charge is 0.448 e. The Bertz CT molecular complexity index is 674. The molecule has 0 aliphatic heterocycles. The van der Waals surface area contributed by atoms with Crippen LogP contribution in [-0.2, 0) is 11.0 Å². The number of phenolic OH excluding ortho intramolecular Hbond substituents is 1. The first-order chi connectivity index (χ1) is 10.3. The van der Waals surface area contributed by atoms with Crippen molar-refractivity contribution in [2.24, 2.45) is 10.7 Å². The van der Waals surface area contributed by atoms with E-state index in [9.17, 15) is 14.8 Å². The van der Waals surface area contributed by atoms with Crippen molar-refractivity contribution in [3.05, 3.63) is 53.8 Å². The van der Waals surface area contributed by atoms with E-state index in [2.05, 4.69) is 4.76 Å². The summed E-state index contributed by atoms with van der Waals surface area (Å²) < 4.78 is 14.4. The van der Waals surface area contributed by atoms with Crippen molar-refractivity contribution < 1.29 is 24.6 Å². The van der Waals surface area contributed by atoms with Gasteiger partial charge in [-0.3, -0.25) is 0 Å². The lowest BCUT2D eigenvalue weighted by molar-refractivity contribution is 0.374. The molecule has 1 aromatic rings. The molecule has 1 aliphatic carbocycles. The second-order valence-electron chi connectivity index (χ2n) is 5.13. The average Bonchev–Trinajstić information content (AvgIpc) is 2.40. The molecule has 118 valence electrons. The third-order valence-corrected chi connectivity index (χ3v) is 3.81. The number of nitrogens with zero attached hydrogens (tertiary/aromatic N) is 1. The van der Waals surface area contributed by atoms with Crippen LogP contribution in [0.15, 0.2) is 53.0 Å². The van der Waals surface area contributed by atoms with Gasteiger partial charge in [-0.05, 0) is 55.2 Å². The number of hydrogen-bond donors (Lipinski definition) is 4. The standard InChI is InChI=1S/C15H18NO5P/c17-13-6-2-4-11(9-13)3-1-5-12-10-14(18)7-8-15(12)16-22(19,20)21/h2,4,6-10,12,17-18H,1,3,5H2,(H2,19,20,21). The molecule has 22 heavy (non-hydrogen) atoms. The lowest BCUT2D eigenvalue weighted by Crippen LogP contribution is -2.14. The molecular weight excluding hydrogens is 305 g/mol. The van der Waals surface area contributed by atoms with E-state index >= 15 is 0 Å². The number of aliphatic hydroxyl groups excluding tert-OH is 1. The van der Waals surface area contributed by atoms with Gasteiger partial charge in [0, 0.05) is 5.92 Å². The Kier molecular flexibility index (Phi) is 5.19. The molecule has 0 saturated heterocycles. The predicted octanol–water partition coefficient (Wildman–Crippen LogP) is 2.88. The lowest BCUT2D eigenvalue weighted by Gasteiger charge is -2.17. The molecule has 0 fully saturated rings. The minimum absolute atomic E-state index is 0.0621. The molecule has 0 heterocycles. The van der Waals surface area contributed by atoms with Gasteiger partial charge in [0.25, 0.3) is 0 Å². The molecule has 0 radical (unpaired) electrons. The molecule has 1 atom stereocenters. The topological polar surface area (TPSA) is 110 Å². The fourth-order valence-corrected chi connectivity index (χ4v) is 2.88. The Labute approximate surface area is 128 Å². The number of phenols is 1. The monoisotopic (exact) mass is 323 g/mol. The predicted molar refractivity (Wildman–Crippen MR) is 83.9 cm³/mol. The normalized spacial score (nSPS) is 20.2. The SMILES string of the molecule is O=P(O)(O)N=C1C=CC(O)=CC1CCCc1cccc(O)c1. The van der Waals surface area contributed by atoms with Crippen LogP contribution in [0, 0.1) is 5.92 Å². The lowest BCUT2D eigenvalue weighted by atomic mass is 9.91. The van der Waals surface area contributed by atoms with Crippen LogP contribution in [-0.4, -0.2) is 25.7 Å². The number of hydrogen-bond acceptors (Lipinski definition) is 3. The Morgan fingerprint density at radius 3 is 2.64 bits per heavy atom. The van der Waals surface area contributed by atoms with Gasteiger partial charge in [-0.2, -0.15) is 4.76 Å². The molecule has 0 amide bonds. The maximum absolute atomic E-state index is 11.0. The molecule has 0 bridgehead atoms. The molecule has 0 aromatic heterocycles. The first kappa shape index (κ1) is 16.5. The van der Waals surface area contributed by atoms with Crippen LogP contribution in [0.3, 0.4) is 0 Å². The highest BCUT2D eigenvalue weighted by Crippen LogP contribution is 2.38. The van der Waals surface area contributed by atoms with E-state index in [0.29, 0.717) is 12.8 Å². The van der Waals surface area contributed by atoms with Crippen molar-refractivity contribution >= 4 is 13.5 Å². The molecule has 1 aromatic carbocycles. The molecule has 2 rings (SSSR count). The fourth-order valence-electron chi connectivity index (χ4n) is 2.37. The first-order valence-corrected chi connectivity index (χ1v) is 8.42. The van der Waals surface area contributed by atoms with Gasteiger partial charge < -0.3 is 20.0 Å². The van der Waals surface area contributed by atoms with Gasteiger partial charge in [0.05, 0.1) is 5.71 Å². The fraction of sp³-hybridized carbons (Fsp3) is 0.267. The summed E-state index contributed by atoms with van der Waals surface area (Å²) in [5, 5.41) is 18.9. The largest absolute Gasteiger partial charge is 0.508 e. The Hall–Kier alpha value is -1.88. The van der Waals surface area contributed by atoms with E-state index in [1.165, 1.54) is 18.2 Å². The summed E-state index contributed by atoms with van der Waals surface area (Å²) >= 11 is 0. The summed E-state index contributed by atoms with van der Waals surface area (Å²) in [5.41, 5.74) is 1.25. The zero-order chi connectivity index (χ0) is 16.2. The van der Waals surface area contributed by atoms with Crippen LogP contribution < -0.4 is 0 Å². The number of rotatable bonds is 5. The van der Waals surface area contributed by atoms with Gasteiger partial charge in [0.2, 0.25) is 0 Å². The van der Waals surface area contributed by atoms with Crippen LogP contribution in [0.1, 0.15) is 18.4 Å². The highest BCUT2D eigenvalue weighted by molar-refractivity contribution is 7.50. The van der Waals surface area contributed by atoms with E-state index in [1.807, 2.05) is 6.07 Å². The van der Waals surface area contributed by atoms with Crippen molar-refractivity contribution in [2.45, 2.75) is 19.3 Å². The minimum Gasteiger partial charge on any atom is -0.508 e. The number of aliphatic hydroxyl groups is 1. The van der Waals surface area contributed by atoms with Gasteiger partial charge in [-0.25, -0.2) is 4.57 Å². The highest BCUT2D eigenvalue weighted by Gasteiger charge is 2.20. The van der Waals surface area contributed by atoms with Crippen LogP contribution in [0.25, 0.3) is 0 Å². The molecule has 7 heteroatoms. The van der Waals surface area contributed by atoms with Gasteiger partial charge in [0.15, 0.2) is 0 Å². The Morgan fingerprint density at radius 1 is 1.18 bits per heavy atom. The second kappa shape index (κ2) is 6.92. The minimum atomic E-state index is -4.50. The average molecular weight is 323 g/mol. The maximum Gasteiger partial charge on any atom is 0.448 e. The summed E-state index contributed by atoms with van der Waals surface area (Å²) in [4.78, 5) is 17.9. The molecule has 1 aliphatic rings. The van der Waals surface area contributed by atoms with Crippen molar-refractivity contribution in [2.75, 3.05) is 0 Å². The molecule has 0 spiro atoms. The van der Waals surface area contributed by atoms with Crippen LogP contribution >= 0.6 is 7.75 Å². The van der Waals surface area contributed by atoms with E-state index in [4.69, 9.17) is 9.79 Å². The summed E-state index contributed by atoms with van der Waals surface area (Å²) in [5.74, 6) is -0.0682. The maximum atomic E-state index is 11.0. The van der Waals surface area contributed by atoms with Crippen molar-refractivity contribution in [1.29, 1.82) is 0 Å². The van der Waals surface area contributed by atoms with E-state index in [-0.39, 0.29) is 23.1 Å². The number of allylic oxidation sites excluding steroid dienone is 3. The van der Waals surface area contributed by atoms with E-state index in [0.717, 1.165) is 12.0 Å². The molecule has 0 saturated carbocycles. The zero-order valence-corrected chi connectivity index (χ0v) is 12.7. The van der Waals surface area contributed by atoms with Crippen molar-refractivity contribution in [3.8, 4) is 5.75 Å². The molecule has 6 nitrogen and oxygen atoms in total. The van der Waals surface area contributed by atoms with Gasteiger partial charge in [-0.15, -0.1) is 0 Å². The third-order valence-electron chi connectivity index (χ3n) is 3.31. The van der Waals surface area contributed by atoms with Gasteiger partial charge in [0.1, 0.15) is 11.5 Å². The summed E-state index contributed by atoms with van der Waals surface area (Å²) in [6.07, 6.45) is 6.35. The quantitative estimate of drug-likeness (QED) is 0.623. The summed E-state index contributed by atoms with van der Waals surface area (Å²) in [6, 6.07) is 6.94. The second-order valence-corrected chi connectivity index (χ2v) is 6.36.